The number of aliphatic hydroxyl groups is 14. The van der Waals surface area contributed by atoms with Crippen molar-refractivity contribution >= 4 is 5.97 Å². The minimum Gasteiger partial charge on any atom is -0.479 e. The average Bonchev–Trinajstić information content (AvgIpc) is 1.62. The quantitative estimate of drug-likeness (QED) is 0.0857. The highest BCUT2D eigenvalue weighted by Crippen LogP contribution is 2.80. The molecule has 11 rings (SSSR count). The van der Waals surface area contributed by atoms with Gasteiger partial charge >= 0.3 is 5.97 Å². The Labute approximate surface area is 506 Å². The monoisotopic (exact) mass is 1250 g/mol. The topological polar surface area (TPSA) is 422 Å². The zero-order chi connectivity index (χ0) is 63.4. The number of aliphatic carboxylic acids is 1. The fourth-order valence-corrected chi connectivity index (χ4v) is 19.3. The minimum atomic E-state index is -2.30. The zero-order valence-corrected chi connectivity index (χ0v) is 51.1. The summed E-state index contributed by atoms with van der Waals surface area (Å²) < 4.78 is 69.1. The highest BCUT2D eigenvalue weighted by atomic mass is 16.8. The van der Waals surface area contributed by atoms with Crippen LogP contribution in [0.15, 0.2) is 0 Å². The van der Waals surface area contributed by atoms with Gasteiger partial charge in [-0.15, -0.1) is 0 Å². The van der Waals surface area contributed by atoms with E-state index >= 15 is 0 Å². The Balaban J connectivity index is 0.911. The molecule has 2 bridgehead atoms. The molecule has 27 heteroatoms. The van der Waals surface area contributed by atoms with Crippen molar-refractivity contribution in [3.63, 3.8) is 0 Å². The van der Waals surface area contributed by atoms with Crippen LogP contribution in [0.4, 0.5) is 0 Å². The molecule has 500 valence electrons. The number of fused-ring (bicyclic) bond motifs is 4. The first kappa shape index (κ1) is 66.9. The summed E-state index contributed by atoms with van der Waals surface area (Å²) in [7, 11) is 0. The Morgan fingerprint density at radius 3 is 1.61 bits per heavy atom. The Bertz CT molecular complexity index is 2440. The first-order valence-corrected chi connectivity index (χ1v) is 31.5. The van der Waals surface area contributed by atoms with Crippen LogP contribution >= 0.6 is 0 Å². The lowest BCUT2D eigenvalue weighted by Crippen LogP contribution is -2.74. The van der Waals surface area contributed by atoms with E-state index in [0.717, 1.165) is 44.9 Å². The lowest BCUT2D eigenvalue weighted by Gasteiger charge is -2.75. The summed E-state index contributed by atoms with van der Waals surface area (Å²) in [5, 5.41) is 167. The second kappa shape index (κ2) is 23.7. The molecule has 6 heterocycles. The predicted octanol–water partition coefficient (Wildman–Crippen LogP) is -2.38. The molecule has 5 aliphatic carbocycles. The highest BCUT2D eigenvalue weighted by molar-refractivity contribution is 5.73. The summed E-state index contributed by atoms with van der Waals surface area (Å²) in [6, 6.07) is 0. The van der Waals surface area contributed by atoms with Crippen LogP contribution in [0.2, 0.25) is 0 Å². The maximum absolute atomic E-state index is 13.4. The Hall–Kier alpha value is -1.53. The third kappa shape index (κ3) is 10.5. The van der Waals surface area contributed by atoms with Crippen LogP contribution in [-0.4, -0.2) is 274 Å². The van der Waals surface area contributed by atoms with Gasteiger partial charge in [-0.2, -0.15) is 0 Å². The molecule has 35 atom stereocenters. The third-order valence-electron chi connectivity index (χ3n) is 24.6. The number of carboxylic acid groups (broad SMARTS) is 1. The molecule has 5 saturated carbocycles. The van der Waals surface area contributed by atoms with Gasteiger partial charge in [0.1, 0.15) is 104 Å². The van der Waals surface area contributed by atoms with Gasteiger partial charge in [0.25, 0.3) is 0 Å². The Kier molecular flexibility index (Phi) is 18.3. The van der Waals surface area contributed by atoms with Crippen LogP contribution < -0.4 is 0 Å². The number of aliphatic hydroxyl groups excluding tert-OH is 14. The van der Waals surface area contributed by atoms with Crippen LogP contribution in [0.1, 0.15) is 127 Å². The van der Waals surface area contributed by atoms with Gasteiger partial charge in [-0.05, 0) is 117 Å². The van der Waals surface area contributed by atoms with Crippen LogP contribution in [-0.2, 0) is 56.9 Å². The molecule has 0 aromatic heterocycles. The molecule has 1 spiro atoms. The molecule has 0 aromatic carbocycles. The molecule has 0 amide bonds. The van der Waals surface area contributed by atoms with Crippen molar-refractivity contribution in [3.05, 3.63) is 0 Å². The number of hydrogen-bond donors (Lipinski definition) is 15. The standard InChI is InChI=1S/C60H98O27/c1-23-32(64)36(68)40(72)49(78-23)85-45-38(70)33(65)24(2)79-51(45)86-46-39(71)35(67)26(21-62)81-52(46)83-43-42(74)44(48(75)76)84-53(47(43)87-50-41(73)37(69)34(66)25(20-61)80-50)82-31-12-13-56(7)27(55(31,5)6)10-14-57(8)28(56)11-15-60-29-18-54(3,4)16-17-59(29,22-77-60)30(63)19-58(57,60)9/h23-47,49-53,61-74H,10-22H2,1-9H3,(H,75,76)/t23-,24-,25+,26+,27-,28+,29+,30+,31-,32-,33-,34+,35-,36+,37-,38+,39-,40+,41+,42-,43-,44-,45+,46+,47+,49-,50-,51+,52+,53-,56-,57+,58-,59+,60-/m0/s1. The maximum atomic E-state index is 13.4. The highest BCUT2D eigenvalue weighted by Gasteiger charge is 2.80. The van der Waals surface area contributed by atoms with E-state index in [-0.39, 0.29) is 44.8 Å². The molecule has 0 radical (unpaired) electrons. The Morgan fingerprint density at radius 1 is 0.471 bits per heavy atom. The first-order chi connectivity index (χ1) is 40.7. The lowest BCUT2D eigenvalue weighted by molar-refractivity contribution is -0.412. The van der Waals surface area contributed by atoms with Crippen molar-refractivity contribution in [3.8, 4) is 0 Å². The number of carbonyl (C=O) groups is 1. The predicted molar refractivity (Wildman–Crippen MR) is 293 cm³/mol. The maximum Gasteiger partial charge on any atom is 0.335 e. The summed E-state index contributed by atoms with van der Waals surface area (Å²) in [6.45, 7) is 17.4. The second-order valence-electron chi connectivity index (χ2n) is 29.9. The molecule has 11 aliphatic rings. The number of hydrogen-bond acceptors (Lipinski definition) is 26. The fraction of sp³-hybridized carbons (Fsp3) is 0.983. The number of rotatable bonds is 13. The molecule has 11 fully saturated rings. The molecule has 15 N–H and O–H groups in total. The molecule has 87 heavy (non-hydrogen) atoms. The van der Waals surface area contributed by atoms with Gasteiger partial charge in [0.2, 0.25) is 0 Å². The van der Waals surface area contributed by atoms with Crippen LogP contribution in [0.3, 0.4) is 0 Å². The molecule has 0 aromatic rings. The summed E-state index contributed by atoms with van der Waals surface area (Å²) in [5.74, 6) is -1.33. The Morgan fingerprint density at radius 2 is 0.977 bits per heavy atom. The van der Waals surface area contributed by atoms with Crippen molar-refractivity contribution in [1.29, 1.82) is 0 Å². The van der Waals surface area contributed by atoms with Crippen molar-refractivity contribution in [2.24, 2.45) is 50.2 Å². The molecular formula is C60H98O27. The summed E-state index contributed by atoms with van der Waals surface area (Å²) in [6.07, 6.45) is -40.2. The van der Waals surface area contributed by atoms with Gasteiger partial charge in [-0.25, -0.2) is 4.79 Å². The van der Waals surface area contributed by atoms with Crippen molar-refractivity contribution < 1.29 is 133 Å². The van der Waals surface area contributed by atoms with Crippen LogP contribution in [0, 0.1) is 50.2 Å². The minimum absolute atomic E-state index is 0.0199. The molecule has 6 saturated heterocycles. The van der Waals surface area contributed by atoms with Gasteiger partial charge in [-0.1, -0.05) is 48.5 Å². The summed E-state index contributed by atoms with van der Waals surface area (Å²) in [4.78, 5) is 13.4. The molecule has 0 unspecified atom stereocenters. The number of carboxylic acids is 1. The third-order valence-corrected chi connectivity index (χ3v) is 24.6. The smallest absolute Gasteiger partial charge is 0.335 e. The van der Waals surface area contributed by atoms with E-state index in [1.165, 1.54) is 13.8 Å². The van der Waals surface area contributed by atoms with Gasteiger partial charge < -0.3 is 129 Å². The van der Waals surface area contributed by atoms with Gasteiger partial charge in [0.15, 0.2) is 37.6 Å². The molecule has 27 nitrogen and oxygen atoms in total. The molecule has 6 aliphatic heterocycles. The molecular weight excluding hydrogens is 1150 g/mol. The second-order valence-corrected chi connectivity index (χ2v) is 29.9. The summed E-state index contributed by atoms with van der Waals surface area (Å²) >= 11 is 0. The van der Waals surface area contributed by atoms with Gasteiger partial charge in [-0.3, -0.25) is 0 Å². The van der Waals surface area contributed by atoms with E-state index in [2.05, 4.69) is 48.5 Å². The van der Waals surface area contributed by atoms with Crippen LogP contribution in [0.25, 0.3) is 0 Å². The normalized spacial score (nSPS) is 57.2. The van der Waals surface area contributed by atoms with E-state index in [1.807, 2.05) is 0 Å². The van der Waals surface area contributed by atoms with E-state index in [9.17, 15) is 81.4 Å². The zero-order valence-electron chi connectivity index (χ0n) is 51.1. The number of ether oxygens (including phenoxy) is 11. The SMILES string of the molecule is C[C@@H]1O[C@@H](O[C@H]2[C@@H](O[C@H]3[C@@H](O[C@H]4[C@H](O)[C@@H](C(=O)O)O[C@H](O[C@H]5CC[C@]6(C)[C@H]7CC[C@]89OC[C@@]%10(CCC(C)(C)C[C@H]%108)[C@H](O)C[C@@]9(C)[C@]7(C)CC[C@H]6C5(C)C)[C@@H]4O[C@@H]4O[C@H](CO)[C@@H](O)[C@H](O)[C@H]4O)O[C@H](CO)[C@H](O)[C@@H]3O)O[C@@H](C)[C@H](O)[C@H]2O)[C@H](O)[C@H](O)[C@H]1O. The van der Waals surface area contributed by atoms with Crippen LogP contribution in [0.5, 0.6) is 0 Å². The van der Waals surface area contributed by atoms with Crippen molar-refractivity contribution in [1.82, 2.24) is 0 Å². The van der Waals surface area contributed by atoms with E-state index in [4.69, 9.17) is 52.1 Å². The lowest BCUT2D eigenvalue weighted by atomic mass is 9.30. The van der Waals surface area contributed by atoms with E-state index in [0.29, 0.717) is 25.9 Å². The van der Waals surface area contributed by atoms with Crippen molar-refractivity contribution in [2.75, 3.05) is 19.8 Å². The van der Waals surface area contributed by atoms with E-state index in [1.54, 1.807) is 0 Å². The fourth-order valence-electron chi connectivity index (χ4n) is 19.3. The largest absolute Gasteiger partial charge is 0.479 e. The average molecular weight is 1250 g/mol. The summed E-state index contributed by atoms with van der Waals surface area (Å²) in [5.41, 5.74) is -2.18. The van der Waals surface area contributed by atoms with E-state index < -0.39 is 196 Å². The first-order valence-electron chi connectivity index (χ1n) is 31.5. The van der Waals surface area contributed by atoms with Gasteiger partial charge in [0, 0.05) is 10.8 Å². The van der Waals surface area contributed by atoms with Gasteiger partial charge in [0.05, 0.1) is 49.8 Å². The van der Waals surface area contributed by atoms with Crippen molar-refractivity contribution in [2.45, 2.75) is 298 Å².